The number of hydrogen-bond acceptors (Lipinski definition) is 7. The molecule has 0 heterocycles. The molecular formula is C8H7BrN6O5. The lowest BCUT2D eigenvalue weighted by molar-refractivity contribution is -0.394. The smallest absolute Gasteiger partial charge is 0.299 e. The number of guanidine groups is 1. The van der Waals surface area contributed by atoms with Crippen molar-refractivity contribution < 1.29 is 15.1 Å². The number of nitrogens with two attached hydrogens (primary N) is 1. The summed E-state index contributed by atoms with van der Waals surface area (Å²) in [6.45, 7) is 0. The van der Waals surface area contributed by atoms with Gasteiger partial charge in [-0.3, -0.25) is 25.4 Å². The Bertz CT molecular complexity index is 616. The maximum absolute atomic E-state index is 10.9. The molecule has 1 aromatic carbocycles. The van der Waals surface area contributed by atoms with Crippen LogP contribution >= 0.6 is 15.9 Å². The first-order valence-electron chi connectivity index (χ1n) is 4.76. The molecule has 0 amide bonds. The molecular weight excluding hydrogens is 340 g/mol. The van der Waals surface area contributed by atoms with Crippen LogP contribution in [0.25, 0.3) is 0 Å². The predicted molar refractivity (Wildman–Crippen MR) is 71.6 cm³/mol. The van der Waals surface area contributed by atoms with Crippen LogP contribution in [0.3, 0.4) is 0 Å². The monoisotopic (exact) mass is 346 g/mol. The van der Waals surface area contributed by atoms with Gasteiger partial charge < -0.3 is 5.73 Å². The van der Waals surface area contributed by atoms with Crippen molar-refractivity contribution in [1.29, 1.82) is 0 Å². The fraction of sp³-hybridized carbons (Fsp3) is 0. The van der Waals surface area contributed by atoms with E-state index >= 15 is 0 Å². The summed E-state index contributed by atoms with van der Waals surface area (Å²) in [7, 11) is 0. The van der Waals surface area contributed by atoms with Crippen LogP contribution in [0.4, 0.5) is 11.4 Å². The van der Waals surface area contributed by atoms with Gasteiger partial charge in [-0.1, -0.05) is 0 Å². The molecule has 1 rings (SSSR count). The summed E-state index contributed by atoms with van der Waals surface area (Å²) in [4.78, 5) is 20.2. The fourth-order valence-electron chi connectivity index (χ4n) is 1.21. The van der Waals surface area contributed by atoms with Gasteiger partial charge in [0.1, 0.15) is 0 Å². The molecule has 1 aromatic rings. The average Bonchev–Trinajstić information content (AvgIpc) is 2.37. The zero-order valence-electron chi connectivity index (χ0n) is 9.56. The lowest BCUT2D eigenvalue weighted by Gasteiger charge is -2.01. The van der Waals surface area contributed by atoms with Gasteiger partial charge in [-0.15, -0.1) is 5.10 Å². The molecule has 0 fully saturated rings. The molecule has 0 spiro atoms. The molecule has 0 bridgehead atoms. The molecule has 20 heavy (non-hydrogen) atoms. The van der Waals surface area contributed by atoms with Gasteiger partial charge in [0, 0.05) is 6.07 Å². The minimum Gasteiger partial charge on any atom is -0.367 e. The van der Waals surface area contributed by atoms with E-state index in [-0.39, 0.29) is 10.0 Å². The van der Waals surface area contributed by atoms with Crippen molar-refractivity contribution in [2.75, 3.05) is 0 Å². The maximum Gasteiger partial charge on any atom is 0.299 e. The average molecular weight is 347 g/mol. The van der Waals surface area contributed by atoms with Gasteiger partial charge >= 0.3 is 0 Å². The summed E-state index contributed by atoms with van der Waals surface area (Å²) < 4.78 is 0.0479. The van der Waals surface area contributed by atoms with Gasteiger partial charge in [0.25, 0.3) is 11.4 Å². The number of hydroxylamine groups is 1. The van der Waals surface area contributed by atoms with Crippen LogP contribution in [-0.2, 0) is 0 Å². The Morgan fingerprint density at radius 2 is 2.05 bits per heavy atom. The summed E-state index contributed by atoms with van der Waals surface area (Å²) in [6.07, 6.45) is 0.797. The highest BCUT2D eigenvalue weighted by molar-refractivity contribution is 9.10. The van der Waals surface area contributed by atoms with Crippen LogP contribution < -0.4 is 11.2 Å². The number of halogens is 1. The molecule has 0 aromatic heterocycles. The highest BCUT2D eigenvalue weighted by Crippen LogP contribution is 2.33. The van der Waals surface area contributed by atoms with Crippen molar-refractivity contribution >= 4 is 39.5 Å². The first kappa shape index (κ1) is 15.5. The third-order valence-corrected chi connectivity index (χ3v) is 2.63. The highest BCUT2D eigenvalue weighted by atomic mass is 79.9. The molecule has 0 atom stereocenters. The van der Waals surface area contributed by atoms with Crippen LogP contribution in [-0.4, -0.2) is 27.2 Å². The van der Waals surface area contributed by atoms with E-state index < -0.39 is 27.2 Å². The van der Waals surface area contributed by atoms with E-state index in [4.69, 9.17) is 10.9 Å². The molecule has 0 saturated heterocycles. The molecule has 0 aliphatic heterocycles. The Kier molecular flexibility index (Phi) is 5.05. The van der Waals surface area contributed by atoms with Crippen LogP contribution in [0, 0.1) is 20.2 Å². The molecule has 12 heteroatoms. The summed E-state index contributed by atoms with van der Waals surface area (Å²) in [5.74, 6) is -0.485. The van der Waals surface area contributed by atoms with Crippen molar-refractivity contribution in [3.8, 4) is 0 Å². The van der Waals surface area contributed by atoms with Gasteiger partial charge in [0.15, 0.2) is 5.56 Å². The van der Waals surface area contributed by atoms with Crippen molar-refractivity contribution in [2.45, 2.75) is 0 Å². The summed E-state index contributed by atoms with van der Waals surface area (Å²) >= 11 is 2.93. The number of nitro groups is 2. The Hall–Kier alpha value is -2.60. The molecule has 0 radical (unpaired) electrons. The van der Waals surface area contributed by atoms with Crippen LogP contribution in [0.1, 0.15) is 5.56 Å². The van der Waals surface area contributed by atoms with Crippen molar-refractivity contribution in [1.82, 2.24) is 5.48 Å². The van der Waals surface area contributed by atoms with E-state index in [1.54, 1.807) is 0 Å². The standard InChI is InChI=1S/C8H7BrN6O5/c9-5-1-2-6(14(17)18)4(7(5)15(19)20)3-11-12-8(10)13-16/h1-3,16H,(H3,10,12,13). The quantitative estimate of drug-likeness (QED) is 0.314. The molecule has 0 saturated carbocycles. The minimum absolute atomic E-state index is 0.0479. The number of nitrogens with one attached hydrogen (secondary N) is 1. The zero-order valence-corrected chi connectivity index (χ0v) is 11.1. The van der Waals surface area contributed by atoms with Crippen LogP contribution in [0.2, 0.25) is 0 Å². The topological polar surface area (TPSA) is 169 Å². The fourth-order valence-corrected chi connectivity index (χ4v) is 1.70. The molecule has 11 nitrogen and oxygen atoms in total. The van der Waals surface area contributed by atoms with Crippen molar-refractivity contribution in [2.24, 2.45) is 15.9 Å². The number of nitrogens with zero attached hydrogens (tertiary/aromatic N) is 4. The van der Waals surface area contributed by atoms with Gasteiger partial charge in [-0.2, -0.15) is 5.10 Å². The van der Waals surface area contributed by atoms with E-state index in [1.165, 1.54) is 11.5 Å². The number of nitro benzene ring substituents is 2. The Morgan fingerprint density at radius 1 is 1.40 bits per heavy atom. The first-order valence-corrected chi connectivity index (χ1v) is 5.55. The van der Waals surface area contributed by atoms with E-state index in [9.17, 15) is 20.2 Å². The van der Waals surface area contributed by atoms with Gasteiger partial charge in [-0.05, 0) is 22.0 Å². The Morgan fingerprint density at radius 3 is 2.55 bits per heavy atom. The van der Waals surface area contributed by atoms with E-state index in [0.717, 1.165) is 12.3 Å². The lowest BCUT2D eigenvalue weighted by atomic mass is 10.1. The zero-order chi connectivity index (χ0) is 15.3. The van der Waals surface area contributed by atoms with Crippen molar-refractivity contribution in [3.63, 3.8) is 0 Å². The third-order valence-electron chi connectivity index (χ3n) is 1.99. The highest BCUT2D eigenvalue weighted by Gasteiger charge is 2.26. The molecule has 4 N–H and O–H groups in total. The summed E-state index contributed by atoms with van der Waals surface area (Å²) in [6, 6.07) is 2.26. The second-order valence-corrected chi connectivity index (χ2v) is 4.04. The lowest BCUT2D eigenvalue weighted by Crippen LogP contribution is -2.27. The molecule has 0 unspecified atom stereocenters. The van der Waals surface area contributed by atoms with E-state index in [0.29, 0.717) is 0 Å². The number of hydrogen-bond donors (Lipinski definition) is 3. The summed E-state index contributed by atoms with van der Waals surface area (Å²) in [5, 5.41) is 36.7. The Balaban J connectivity index is 3.44. The summed E-state index contributed by atoms with van der Waals surface area (Å²) in [5.41, 5.74) is 5.12. The minimum atomic E-state index is -0.796. The van der Waals surface area contributed by atoms with E-state index in [2.05, 4.69) is 26.1 Å². The Labute approximate surface area is 119 Å². The predicted octanol–water partition coefficient (Wildman–Crippen LogP) is 0.893. The largest absolute Gasteiger partial charge is 0.367 e. The first-order chi connectivity index (χ1) is 9.38. The van der Waals surface area contributed by atoms with Gasteiger partial charge in [-0.25, -0.2) is 5.48 Å². The SMILES string of the molecule is NC(=NN=Cc1c([N+](=O)[O-])ccc(Br)c1[N+](=O)[O-])NO. The number of rotatable bonds is 4. The molecule has 0 aliphatic rings. The normalized spacial score (nSPS) is 11.6. The van der Waals surface area contributed by atoms with Gasteiger partial charge in [0.05, 0.1) is 20.5 Å². The van der Waals surface area contributed by atoms with Crippen LogP contribution in [0.15, 0.2) is 26.8 Å². The maximum atomic E-state index is 10.9. The van der Waals surface area contributed by atoms with Gasteiger partial charge in [0.2, 0.25) is 5.96 Å². The van der Waals surface area contributed by atoms with Crippen LogP contribution in [0.5, 0.6) is 0 Å². The van der Waals surface area contributed by atoms with Crippen molar-refractivity contribution in [3.05, 3.63) is 42.4 Å². The second kappa shape index (κ2) is 6.53. The molecule has 0 aliphatic carbocycles. The molecule has 106 valence electrons. The second-order valence-electron chi connectivity index (χ2n) is 3.18. The number of benzene rings is 1. The van der Waals surface area contributed by atoms with E-state index in [1.807, 2.05) is 0 Å². The third kappa shape index (κ3) is 3.46.